The number of alkyl halides is 3. The van der Waals surface area contributed by atoms with E-state index in [1.807, 2.05) is 0 Å². The highest BCUT2D eigenvalue weighted by Gasteiger charge is 2.30. The summed E-state index contributed by atoms with van der Waals surface area (Å²) in [6, 6.07) is 2.27. The van der Waals surface area contributed by atoms with Crippen molar-refractivity contribution in [1.82, 2.24) is 4.98 Å². The van der Waals surface area contributed by atoms with Gasteiger partial charge in [-0.25, -0.2) is 0 Å². The fourth-order valence-electron chi connectivity index (χ4n) is 4.00. The minimum Gasteiger partial charge on any atom is -0.394 e. The fourth-order valence-corrected chi connectivity index (χ4v) is 4.00. The number of aliphatic hydroxyl groups excluding tert-OH is 1. The number of pyridine rings is 1. The van der Waals surface area contributed by atoms with Crippen molar-refractivity contribution in [3.8, 4) is 0 Å². The molecule has 0 bridgehead atoms. The molecule has 0 spiro atoms. The van der Waals surface area contributed by atoms with E-state index in [0.29, 0.717) is 12.3 Å². The Morgan fingerprint density at radius 1 is 0.800 bits per heavy atom. The Kier molecular flexibility index (Phi) is 19.1. The van der Waals surface area contributed by atoms with Crippen LogP contribution < -0.4 is 0 Å². The summed E-state index contributed by atoms with van der Waals surface area (Å²) in [5, 5.41) is 9.42. The summed E-state index contributed by atoms with van der Waals surface area (Å²) in [6.45, 7) is 2.97. The fraction of sp³-hybridized carbons (Fsp3) is 0.821. The average molecular weight is 504 g/mol. The van der Waals surface area contributed by atoms with Gasteiger partial charge in [-0.05, 0) is 18.6 Å². The molecule has 0 saturated heterocycles. The molecule has 1 atom stereocenters. The van der Waals surface area contributed by atoms with E-state index in [2.05, 4.69) is 11.9 Å². The molecule has 0 fully saturated rings. The molecule has 1 aromatic heterocycles. The van der Waals surface area contributed by atoms with Crippen molar-refractivity contribution in [3.05, 3.63) is 29.6 Å². The molecule has 1 rings (SSSR count). The van der Waals surface area contributed by atoms with E-state index >= 15 is 0 Å². The first-order valence-electron chi connectivity index (χ1n) is 13.8. The lowest BCUT2D eigenvalue weighted by Crippen LogP contribution is -2.24. The molecule has 0 radical (unpaired) electrons. The molecule has 4 nitrogen and oxygen atoms in total. The number of halogens is 3. The van der Waals surface area contributed by atoms with Crippen molar-refractivity contribution in [1.29, 1.82) is 0 Å². The largest absolute Gasteiger partial charge is 0.417 e. The van der Waals surface area contributed by atoms with Gasteiger partial charge >= 0.3 is 6.18 Å². The number of aliphatic hydroxyl groups is 1. The van der Waals surface area contributed by atoms with Gasteiger partial charge in [-0.15, -0.1) is 0 Å². The predicted octanol–water partition coefficient (Wildman–Crippen LogP) is 8.26. The molecular formula is C28H48F3NO3. The van der Waals surface area contributed by atoms with E-state index in [4.69, 9.17) is 9.47 Å². The summed E-state index contributed by atoms with van der Waals surface area (Å²) in [5.41, 5.74) is -0.406. The van der Waals surface area contributed by atoms with Gasteiger partial charge < -0.3 is 14.6 Å². The third-order valence-electron chi connectivity index (χ3n) is 6.27. The highest BCUT2D eigenvalue weighted by Crippen LogP contribution is 2.28. The normalized spacial score (nSPS) is 12.8. The first-order valence-corrected chi connectivity index (χ1v) is 13.8. The summed E-state index contributed by atoms with van der Waals surface area (Å²) in [7, 11) is 0. The van der Waals surface area contributed by atoms with Gasteiger partial charge in [0.25, 0.3) is 0 Å². The monoisotopic (exact) mass is 503 g/mol. The second-order valence-electron chi connectivity index (χ2n) is 9.53. The van der Waals surface area contributed by atoms with Gasteiger partial charge in [0, 0.05) is 12.8 Å². The van der Waals surface area contributed by atoms with Crippen LogP contribution in [0.25, 0.3) is 0 Å². The van der Waals surface area contributed by atoms with Crippen LogP contribution in [0.3, 0.4) is 0 Å². The van der Waals surface area contributed by atoms with Gasteiger partial charge in [0.1, 0.15) is 6.10 Å². The van der Waals surface area contributed by atoms with Gasteiger partial charge in [0.2, 0.25) is 0 Å². The SMILES string of the molecule is CCCCCCCCCCCCCCCCCCOC[C@H](CO)OCc1ccc(C(F)(F)F)cn1. The summed E-state index contributed by atoms with van der Waals surface area (Å²) in [4.78, 5) is 3.77. The summed E-state index contributed by atoms with van der Waals surface area (Å²) in [6.07, 6.45) is 17.1. The van der Waals surface area contributed by atoms with Gasteiger partial charge in [-0.3, -0.25) is 4.98 Å². The maximum atomic E-state index is 12.6. The Bertz CT molecular complexity index is 596. The smallest absolute Gasteiger partial charge is 0.394 e. The first-order chi connectivity index (χ1) is 17.0. The van der Waals surface area contributed by atoms with Crippen LogP contribution >= 0.6 is 0 Å². The van der Waals surface area contributed by atoms with Crippen LogP contribution in [0, 0.1) is 0 Å². The maximum Gasteiger partial charge on any atom is 0.417 e. The topological polar surface area (TPSA) is 51.6 Å². The van der Waals surface area contributed by atoms with E-state index in [-0.39, 0.29) is 19.8 Å². The van der Waals surface area contributed by atoms with Crippen molar-refractivity contribution in [3.63, 3.8) is 0 Å². The Labute approximate surface area is 211 Å². The molecule has 1 aromatic rings. The molecule has 7 heteroatoms. The zero-order valence-corrected chi connectivity index (χ0v) is 21.8. The molecule has 0 aliphatic carbocycles. The minimum absolute atomic E-state index is 0.0335. The Morgan fingerprint density at radius 3 is 1.74 bits per heavy atom. The predicted molar refractivity (Wildman–Crippen MR) is 135 cm³/mol. The van der Waals surface area contributed by atoms with Crippen LogP contribution in [-0.2, 0) is 22.3 Å². The zero-order chi connectivity index (χ0) is 25.6. The lowest BCUT2D eigenvalue weighted by molar-refractivity contribution is -0.137. The molecule has 1 heterocycles. The van der Waals surface area contributed by atoms with Crippen molar-refractivity contribution in [2.45, 2.75) is 129 Å². The van der Waals surface area contributed by atoms with E-state index in [9.17, 15) is 18.3 Å². The lowest BCUT2D eigenvalue weighted by atomic mass is 10.0. The van der Waals surface area contributed by atoms with Crippen LogP contribution in [0.1, 0.15) is 121 Å². The van der Waals surface area contributed by atoms with Crippen molar-refractivity contribution < 1.29 is 27.8 Å². The second kappa shape index (κ2) is 21.0. The van der Waals surface area contributed by atoms with Crippen LogP contribution in [0.15, 0.2) is 18.3 Å². The molecular weight excluding hydrogens is 455 g/mol. The van der Waals surface area contributed by atoms with Gasteiger partial charge in [0.05, 0.1) is 31.1 Å². The highest BCUT2D eigenvalue weighted by molar-refractivity contribution is 5.16. The first kappa shape index (κ1) is 31.8. The van der Waals surface area contributed by atoms with Crippen molar-refractivity contribution >= 4 is 0 Å². The molecule has 0 aromatic carbocycles. The van der Waals surface area contributed by atoms with Crippen LogP contribution in [0.2, 0.25) is 0 Å². The summed E-state index contributed by atoms with van der Waals surface area (Å²) in [5.74, 6) is 0. The molecule has 0 amide bonds. The Balaban J connectivity index is 1.89. The van der Waals surface area contributed by atoms with Crippen LogP contribution in [0.5, 0.6) is 0 Å². The number of rotatable bonds is 23. The van der Waals surface area contributed by atoms with E-state index in [1.54, 1.807) is 0 Å². The van der Waals surface area contributed by atoms with Crippen LogP contribution in [-0.4, -0.2) is 36.0 Å². The second-order valence-corrected chi connectivity index (χ2v) is 9.53. The van der Waals surface area contributed by atoms with Gasteiger partial charge in [0.15, 0.2) is 0 Å². The number of aromatic nitrogens is 1. The van der Waals surface area contributed by atoms with Crippen LogP contribution in [0.4, 0.5) is 13.2 Å². The number of ether oxygens (including phenoxy) is 2. The average Bonchev–Trinajstić information content (AvgIpc) is 2.84. The number of nitrogens with zero attached hydrogens (tertiary/aromatic N) is 1. The Hall–Kier alpha value is -1.18. The third kappa shape index (κ3) is 17.8. The quantitative estimate of drug-likeness (QED) is 0.153. The molecule has 204 valence electrons. The standard InChI is InChI=1S/C28H48F3NO3/c1-2-3-4-5-6-7-8-9-10-11-12-13-14-15-16-17-20-34-24-27(22-33)35-23-26-19-18-25(21-32-26)28(29,30)31/h18-19,21,27,33H,2-17,20,22-24H2,1H3/t27-/m0/s1. The lowest BCUT2D eigenvalue weighted by Gasteiger charge is -2.16. The highest BCUT2D eigenvalue weighted by atomic mass is 19.4. The summed E-state index contributed by atoms with van der Waals surface area (Å²) >= 11 is 0. The van der Waals surface area contributed by atoms with Gasteiger partial charge in [-0.1, -0.05) is 103 Å². The third-order valence-corrected chi connectivity index (χ3v) is 6.27. The minimum atomic E-state index is -4.40. The molecule has 0 saturated carbocycles. The summed E-state index contributed by atoms with van der Waals surface area (Å²) < 4.78 is 48.8. The van der Waals surface area contributed by atoms with E-state index in [0.717, 1.165) is 25.1 Å². The number of hydrogen-bond donors (Lipinski definition) is 1. The van der Waals surface area contributed by atoms with E-state index < -0.39 is 17.8 Å². The maximum absolute atomic E-state index is 12.6. The number of hydrogen-bond acceptors (Lipinski definition) is 4. The molecule has 1 N–H and O–H groups in total. The van der Waals surface area contributed by atoms with E-state index in [1.165, 1.54) is 96.0 Å². The Morgan fingerprint density at radius 2 is 1.31 bits per heavy atom. The molecule has 0 aliphatic heterocycles. The van der Waals surface area contributed by atoms with Crippen molar-refractivity contribution in [2.75, 3.05) is 19.8 Å². The molecule has 0 aliphatic rings. The van der Waals surface area contributed by atoms with Crippen molar-refractivity contribution in [2.24, 2.45) is 0 Å². The zero-order valence-electron chi connectivity index (χ0n) is 21.8. The molecule has 35 heavy (non-hydrogen) atoms. The molecule has 0 unspecified atom stereocenters. The number of unbranched alkanes of at least 4 members (excludes halogenated alkanes) is 15. The van der Waals surface area contributed by atoms with Gasteiger partial charge in [-0.2, -0.15) is 13.2 Å².